The van der Waals surface area contributed by atoms with Gasteiger partial charge in [-0.05, 0) is 40.8 Å². The Hall–Kier alpha value is -1.36. The summed E-state index contributed by atoms with van der Waals surface area (Å²) in [4.78, 5) is 22.7. The quantitative estimate of drug-likeness (QED) is 0.598. The highest BCUT2D eigenvalue weighted by molar-refractivity contribution is 14.1. The Morgan fingerprint density at radius 3 is 2.57 bits per heavy atom. The average molecular weight is 426 g/mol. The Morgan fingerprint density at radius 1 is 1.33 bits per heavy atom. The molecule has 0 aliphatic heterocycles. The van der Waals surface area contributed by atoms with E-state index < -0.39 is 21.8 Å². The third kappa shape index (κ3) is 5.87. The van der Waals surface area contributed by atoms with Crippen molar-refractivity contribution >= 4 is 50.1 Å². The Labute approximate surface area is 136 Å². The summed E-state index contributed by atoms with van der Waals surface area (Å²) in [5, 5.41) is 13.8. The largest absolute Gasteiger partial charge is 0.478 e. The molecule has 0 fully saturated rings. The second-order valence-corrected chi connectivity index (χ2v) is 7.83. The van der Waals surface area contributed by atoms with Gasteiger partial charge in [-0.15, -0.1) is 0 Å². The van der Waals surface area contributed by atoms with Gasteiger partial charge in [0.05, 0.1) is 17.0 Å². The van der Waals surface area contributed by atoms with Crippen molar-refractivity contribution < 1.29 is 23.1 Å². The smallest absolute Gasteiger partial charge is 0.337 e. The zero-order chi connectivity index (χ0) is 16.0. The third-order valence-corrected chi connectivity index (χ3v) is 4.98. The predicted octanol–water partition coefficient (Wildman–Crippen LogP) is 1.55. The number of carbonyl (C=O) groups is 2. The normalized spacial score (nSPS) is 11.0. The van der Waals surface area contributed by atoms with Gasteiger partial charge in [0, 0.05) is 15.9 Å². The highest BCUT2D eigenvalue weighted by atomic mass is 127. The molecule has 0 heterocycles. The lowest BCUT2D eigenvalue weighted by Gasteiger charge is -2.10. The summed E-state index contributed by atoms with van der Waals surface area (Å²) in [5.74, 6) is -1.30. The van der Waals surface area contributed by atoms with Gasteiger partial charge in [0.1, 0.15) is 0 Å². The molecule has 2 amide bonds. The molecular weight excluding hydrogens is 411 g/mol. The maximum absolute atomic E-state index is 11.6. The topological polar surface area (TPSA) is 113 Å². The van der Waals surface area contributed by atoms with Gasteiger partial charge in [0.25, 0.3) is 0 Å². The number of sulfone groups is 1. The number of nitrogens with one attached hydrogen (secondary N) is 2. The molecule has 0 saturated carbocycles. The number of hydrogen-bond acceptors (Lipinski definition) is 4. The van der Waals surface area contributed by atoms with Gasteiger partial charge in [-0.25, -0.2) is 18.0 Å². The zero-order valence-electron chi connectivity index (χ0n) is 11.2. The van der Waals surface area contributed by atoms with Crippen LogP contribution < -0.4 is 10.6 Å². The minimum absolute atomic E-state index is 0.0105. The molecular formula is C12H15IN2O5S. The van der Waals surface area contributed by atoms with Crippen LogP contribution in [0.4, 0.5) is 10.5 Å². The number of rotatable bonds is 6. The Morgan fingerprint density at radius 2 is 2.00 bits per heavy atom. The standard InChI is InChI=1S/C12H15IN2O5S/c1-2-21(19,20)6-5-14-12(18)15-10-4-3-8(13)7-9(10)11(16)17/h3-4,7H,2,5-6H2,1H3,(H,16,17)(H2,14,15,18). The molecule has 21 heavy (non-hydrogen) atoms. The van der Waals surface area contributed by atoms with Gasteiger partial charge in [0.2, 0.25) is 0 Å². The van der Waals surface area contributed by atoms with Gasteiger partial charge in [-0.2, -0.15) is 0 Å². The number of urea groups is 1. The van der Waals surface area contributed by atoms with Gasteiger partial charge in [-0.1, -0.05) is 6.92 Å². The molecule has 7 nitrogen and oxygen atoms in total. The van der Waals surface area contributed by atoms with Crippen molar-refractivity contribution in [3.63, 3.8) is 0 Å². The molecule has 0 aliphatic rings. The molecule has 0 aromatic heterocycles. The molecule has 1 aromatic carbocycles. The molecule has 0 atom stereocenters. The van der Waals surface area contributed by atoms with E-state index >= 15 is 0 Å². The minimum atomic E-state index is -3.15. The van der Waals surface area contributed by atoms with Crippen molar-refractivity contribution in [1.82, 2.24) is 5.32 Å². The van der Waals surface area contributed by atoms with Crippen LogP contribution in [0.25, 0.3) is 0 Å². The maximum Gasteiger partial charge on any atom is 0.337 e. The van der Waals surface area contributed by atoms with Crippen LogP contribution in [0.3, 0.4) is 0 Å². The van der Waals surface area contributed by atoms with E-state index in [2.05, 4.69) is 10.6 Å². The maximum atomic E-state index is 11.6. The first-order chi connectivity index (χ1) is 9.75. The third-order valence-electron chi connectivity index (χ3n) is 2.60. The Bertz CT molecular complexity index is 645. The summed E-state index contributed by atoms with van der Waals surface area (Å²) in [6, 6.07) is 3.92. The SMILES string of the molecule is CCS(=O)(=O)CCNC(=O)Nc1ccc(I)cc1C(=O)O. The minimum Gasteiger partial charge on any atom is -0.478 e. The van der Waals surface area contributed by atoms with Crippen molar-refractivity contribution in [2.75, 3.05) is 23.4 Å². The number of benzene rings is 1. The highest BCUT2D eigenvalue weighted by Crippen LogP contribution is 2.18. The number of carboxylic acid groups (broad SMARTS) is 1. The van der Waals surface area contributed by atoms with Crippen LogP contribution in [0.15, 0.2) is 18.2 Å². The van der Waals surface area contributed by atoms with Crippen LogP contribution >= 0.6 is 22.6 Å². The van der Waals surface area contributed by atoms with E-state index in [1.165, 1.54) is 19.1 Å². The van der Waals surface area contributed by atoms with Crippen molar-refractivity contribution in [3.05, 3.63) is 27.3 Å². The van der Waals surface area contributed by atoms with Crippen LogP contribution in [-0.2, 0) is 9.84 Å². The van der Waals surface area contributed by atoms with E-state index in [1.807, 2.05) is 22.6 Å². The summed E-state index contributed by atoms with van der Waals surface area (Å²) < 4.78 is 23.3. The lowest BCUT2D eigenvalue weighted by molar-refractivity contribution is 0.0698. The van der Waals surface area contributed by atoms with Gasteiger partial charge >= 0.3 is 12.0 Å². The number of amides is 2. The number of aromatic carboxylic acids is 1. The van der Waals surface area contributed by atoms with Crippen molar-refractivity contribution in [3.8, 4) is 0 Å². The fourth-order valence-electron chi connectivity index (χ4n) is 1.43. The summed E-state index contributed by atoms with van der Waals surface area (Å²) in [5.41, 5.74) is 0.122. The molecule has 0 saturated heterocycles. The van der Waals surface area contributed by atoms with Gasteiger partial charge < -0.3 is 15.7 Å². The lowest BCUT2D eigenvalue weighted by Crippen LogP contribution is -2.33. The molecule has 3 N–H and O–H groups in total. The van der Waals surface area contributed by atoms with Gasteiger partial charge in [-0.3, -0.25) is 0 Å². The molecule has 0 aliphatic carbocycles. The van der Waals surface area contributed by atoms with E-state index in [9.17, 15) is 18.0 Å². The number of carbonyl (C=O) groups excluding carboxylic acids is 1. The molecule has 1 rings (SSSR count). The summed E-state index contributed by atoms with van der Waals surface area (Å²) in [6.07, 6.45) is 0. The average Bonchev–Trinajstić information content (AvgIpc) is 2.40. The van der Waals surface area contributed by atoms with Crippen LogP contribution in [0.5, 0.6) is 0 Å². The van der Waals surface area contributed by atoms with E-state index in [4.69, 9.17) is 5.11 Å². The van der Waals surface area contributed by atoms with E-state index in [0.29, 0.717) is 0 Å². The fraction of sp³-hybridized carbons (Fsp3) is 0.333. The summed E-state index contributed by atoms with van der Waals surface area (Å²) in [6.45, 7) is 1.49. The number of anilines is 1. The first-order valence-corrected chi connectivity index (χ1v) is 8.93. The second-order valence-electron chi connectivity index (χ2n) is 4.11. The molecule has 0 spiro atoms. The van der Waals surface area contributed by atoms with E-state index in [-0.39, 0.29) is 29.3 Å². The van der Waals surface area contributed by atoms with Crippen LogP contribution in [0.1, 0.15) is 17.3 Å². The predicted molar refractivity (Wildman–Crippen MR) is 87.5 cm³/mol. The summed E-state index contributed by atoms with van der Waals surface area (Å²) >= 11 is 1.97. The molecule has 1 aromatic rings. The van der Waals surface area contributed by atoms with Crippen molar-refractivity contribution in [1.29, 1.82) is 0 Å². The zero-order valence-corrected chi connectivity index (χ0v) is 14.2. The van der Waals surface area contributed by atoms with Crippen LogP contribution in [0.2, 0.25) is 0 Å². The Balaban J connectivity index is 2.66. The molecule has 0 bridgehead atoms. The van der Waals surface area contributed by atoms with E-state index in [0.717, 1.165) is 3.57 Å². The summed E-state index contributed by atoms with van der Waals surface area (Å²) in [7, 11) is -3.15. The van der Waals surface area contributed by atoms with Crippen molar-refractivity contribution in [2.24, 2.45) is 0 Å². The second kappa shape index (κ2) is 7.59. The molecule has 0 unspecified atom stereocenters. The lowest BCUT2D eigenvalue weighted by atomic mass is 10.2. The number of carboxylic acids is 1. The molecule has 9 heteroatoms. The first-order valence-electron chi connectivity index (χ1n) is 6.03. The fourth-order valence-corrected chi connectivity index (χ4v) is 2.63. The van der Waals surface area contributed by atoms with Crippen LogP contribution in [0, 0.1) is 3.57 Å². The number of hydrogen-bond donors (Lipinski definition) is 3. The Kier molecular flexibility index (Phi) is 6.40. The monoisotopic (exact) mass is 426 g/mol. The molecule has 116 valence electrons. The first kappa shape index (κ1) is 17.7. The van der Waals surface area contributed by atoms with Crippen LogP contribution in [-0.4, -0.2) is 43.6 Å². The number of halogens is 1. The van der Waals surface area contributed by atoms with Gasteiger partial charge in [0.15, 0.2) is 9.84 Å². The van der Waals surface area contributed by atoms with Crippen molar-refractivity contribution in [2.45, 2.75) is 6.92 Å². The molecule has 0 radical (unpaired) electrons. The highest BCUT2D eigenvalue weighted by Gasteiger charge is 2.13. The van der Waals surface area contributed by atoms with E-state index in [1.54, 1.807) is 6.07 Å².